The Balaban J connectivity index is 2.38. The molecule has 2 aromatic rings. The fraction of sp³-hybridized carbons (Fsp3) is 0.200. The summed E-state index contributed by atoms with van der Waals surface area (Å²) in [7, 11) is 4.01. The lowest BCUT2D eigenvalue weighted by Gasteiger charge is -2.16. The summed E-state index contributed by atoms with van der Waals surface area (Å²) in [6.45, 7) is 1.97. The molecule has 4 nitrogen and oxygen atoms in total. The van der Waals surface area contributed by atoms with Gasteiger partial charge in [-0.25, -0.2) is 4.98 Å². The van der Waals surface area contributed by atoms with E-state index in [4.69, 9.17) is 18.0 Å². The monoisotopic (exact) mass is 286 g/mol. The first-order chi connectivity index (χ1) is 9.49. The second-order valence-corrected chi connectivity index (χ2v) is 5.23. The van der Waals surface area contributed by atoms with Crippen LogP contribution >= 0.6 is 12.2 Å². The highest BCUT2D eigenvalue weighted by molar-refractivity contribution is 7.80. The second kappa shape index (κ2) is 5.88. The fourth-order valence-corrected chi connectivity index (χ4v) is 2.22. The third-order valence-corrected chi connectivity index (χ3v) is 3.24. The van der Waals surface area contributed by atoms with Crippen molar-refractivity contribution in [1.82, 2.24) is 4.98 Å². The Bertz CT molecular complexity index is 638. The Hall–Kier alpha value is -2.14. The topological polar surface area (TPSA) is 54.2 Å². The largest absolute Gasteiger partial charge is 0.389 e. The average Bonchev–Trinajstić information content (AvgIpc) is 2.38. The molecule has 0 aliphatic heterocycles. The molecule has 0 amide bonds. The summed E-state index contributed by atoms with van der Waals surface area (Å²) in [5.74, 6) is 0.688. The van der Waals surface area contributed by atoms with Crippen molar-refractivity contribution in [2.24, 2.45) is 5.73 Å². The minimum absolute atomic E-state index is 0.349. The standard InChI is InChI=1S/C15H18N4S/c1-10-7-8-17-15(13(10)14(16)20)18-11-5-4-6-12(9-11)19(2)3/h4-9H,1-3H3,(H2,16,20)(H,17,18). The lowest BCUT2D eigenvalue weighted by molar-refractivity contribution is 1.13. The first-order valence-corrected chi connectivity index (χ1v) is 6.69. The molecule has 3 N–H and O–H groups in total. The van der Waals surface area contributed by atoms with Crippen molar-refractivity contribution in [3.8, 4) is 0 Å². The van der Waals surface area contributed by atoms with Crippen molar-refractivity contribution in [3.05, 3.63) is 47.7 Å². The van der Waals surface area contributed by atoms with Gasteiger partial charge in [-0.2, -0.15) is 0 Å². The van der Waals surface area contributed by atoms with Crippen LogP contribution in [0, 0.1) is 6.92 Å². The number of nitrogens with zero attached hydrogens (tertiary/aromatic N) is 2. The van der Waals surface area contributed by atoms with Crippen molar-refractivity contribution >= 4 is 34.4 Å². The molecule has 1 aromatic heterocycles. The minimum Gasteiger partial charge on any atom is -0.389 e. The van der Waals surface area contributed by atoms with Gasteiger partial charge in [-0.1, -0.05) is 18.3 Å². The molecule has 2 rings (SSSR count). The maximum absolute atomic E-state index is 5.79. The zero-order valence-electron chi connectivity index (χ0n) is 11.8. The fourth-order valence-electron chi connectivity index (χ4n) is 1.96. The van der Waals surface area contributed by atoms with Gasteiger partial charge in [0.1, 0.15) is 10.8 Å². The number of anilines is 3. The number of thiocarbonyl (C=S) groups is 1. The summed E-state index contributed by atoms with van der Waals surface area (Å²) in [6.07, 6.45) is 1.75. The van der Waals surface area contributed by atoms with Gasteiger partial charge >= 0.3 is 0 Å². The maximum atomic E-state index is 5.79. The average molecular weight is 286 g/mol. The summed E-state index contributed by atoms with van der Waals surface area (Å²) < 4.78 is 0. The van der Waals surface area contributed by atoms with E-state index in [-0.39, 0.29) is 0 Å². The lowest BCUT2D eigenvalue weighted by atomic mass is 10.1. The molecule has 1 heterocycles. The van der Waals surface area contributed by atoms with Crippen LogP contribution in [0.4, 0.5) is 17.2 Å². The van der Waals surface area contributed by atoms with Crippen molar-refractivity contribution in [3.63, 3.8) is 0 Å². The normalized spacial score (nSPS) is 10.2. The Kier molecular flexibility index (Phi) is 4.20. The van der Waals surface area contributed by atoms with Gasteiger partial charge in [-0.05, 0) is 36.8 Å². The summed E-state index contributed by atoms with van der Waals surface area (Å²) >= 11 is 5.11. The SMILES string of the molecule is Cc1ccnc(Nc2cccc(N(C)C)c2)c1C(N)=S. The Morgan fingerprint density at radius 1 is 1.30 bits per heavy atom. The predicted molar refractivity (Wildman–Crippen MR) is 88.9 cm³/mol. The van der Waals surface area contributed by atoms with Gasteiger partial charge in [0.2, 0.25) is 0 Å². The van der Waals surface area contributed by atoms with E-state index in [0.717, 1.165) is 22.5 Å². The highest BCUT2D eigenvalue weighted by atomic mass is 32.1. The quantitative estimate of drug-likeness (QED) is 0.847. The van der Waals surface area contributed by atoms with E-state index < -0.39 is 0 Å². The summed E-state index contributed by atoms with van der Waals surface area (Å²) in [6, 6.07) is 9.97. The van der Waals surface area contributed by atoms with E-state index in [0.29, 0.717) is 10.8 Å². The van der Waals surface area contributed by atoms with Crippen LogP contribution in [0.2, 0.25) is 0 Å². The molecule has 0 unspecified atom stereocenters. The number of hydrogen-bond acceptors (Lipinski definition) is 4. The van der Waals surface area contributed by atoms with Gasteiger partial charge in [0, 0.05) is 31.7 Å². The third kappa shape index (κ3) is 3.05. The first-order valence-electron chi connectivity index (χ1n) is 6.29. The van der Waals surface area contributed by atoms with Crippen molar-refractivity contribution < 1.29 is 0 Å². The summed E-state index contributed by atoms with van der Waals surface area (Å²) in [5, 5.41) is 3.28. The number of aromatic nitrogens is 1. The third-order valence-electron chi connectivity index (χ3n) is 3.03. The van der Waals surface area contributed by atoms with Crippen LogP contribution in [0.25, 0.3) is 0 Å². The van der Waals surface area contributed by atoms with Gasteiger partial charge < -0.3 is 16.0 Å². The summed E-state index contributed by atoms with van der Waals surface area (Å²) in [4.78, 5) is 6.73. The number of nitrogens with two attached hydrogens (primary N) is 1. The molecule has 20 heavy (non-hydrogen) atoms. The van der Waals surface area contributed by atoms with Crippen LogP contribution in [0.15, 0.2) is 36.5 Å². The number of benzene rings is 1. The molecule has 0 saturated carbocycles. The zero-order valence-corrected chi connectivity index (χ0v) is 12.7. The summed E-state index contributed by atoms with van der Waals surface area (Å²) in [5.41, 5.74) is 9.65. The van der Waals surface area contributed by atoms with Gasteiger partial charge in [-0.15, -0.1) is 0 Å². The van der Waals surface area contributed by atoms with Gasteiger partial charge in [0.05, 0.1) is 5.56 Å². The van der Waals surface area contributed by atoms with E-state index in [1.165, 1.54) is 0 Å². The minimum atomic E-state index is 0.349. The number of aryl methyl sites for hydroxylation is 1. The molecule has 0 saturated heterocycles. The van der Waals surface area contributed by atoms with Crippen molar-refractivity contribution in [1.29, 1.82) is 0 Å². The second-order valence-electron chi connectivity index (χ2n) is 4.79. The molecule has 5 heteroatoms. The smallest absolute Gasteiger partial charge is 0.140 e. The van der Waals surface area contributed by atoms with Crippen LogP contribution < -0.4 is 16.0 Å². The molecule has 104 valence electrons. The zero-order chi connectivity index (χ0) is 14.7. The lowest BCUT2D eigenvalue weighted by Crippen LogP contribution is -2.15. The van der Waals surface area contributed by atoms with Crippen molar-refractivity contribution in [2.45, 2.75) is 6.92 Å². The highest BCUT2D eigenvalue weighted by Gasteiger charge is 2.10. The van der Waals surface area contributed by atoms with E-state index in [1.807, 2.05) is 56.3 Å². The molecule has 0 fully saturated rings. The number of hydrogen-bond donors (Lipinski definition) is 2. The number of nitrogens with one attached hydrogen (secondary N) is 1. The molecule has 0 aliphatic carbocycles. The van der Waals surface area contributed by atoms with Crippen LogP contribution in [0.1, 0.15) is 11.1 Å². The predicted octanol–water partition coefficient (Wildman–Crippen LogP) is 2.83. The molecule has 0 spiro atoms. The van der Waals surface area contributed by atoms with E-state index in [9.17, 15) is 0 Å². The molecule has 0 aliphatic rings. The van der Waals surface area contributed by atoms with Crippen LogP contribution in [-0.4, -0.2) is 24.1 Å². The maximum Gasteiger partial charge on any atom is 0.140 e. The first kappa shape index (κ1) is 14.3. The van der Waals surface area contributed by atoms with Crippen LogP contribution in [0.5, 0.6) is 0 Å². The van der Waals surface area contributed by atoms with Crippen LogP contribution in [-0.2, 0) is 0 Å². The Morgan fingerprint density at radius 3 is 2.70 bits per heavy atom. The molecule has 0 atom stereocenters. The highest BCUT2D eigenvalue weighted by Crippen LogP contribution is 2.24. The molecular formula is C15H18N4S. The van der Waals surface area contributed by atoms with Gasteiger partial charge in [-0.3, -0.25) is 0 Å². The van der Waals surface area contributed by atoms with E-state index >= 15 is 0 Å². The van der Waals surface area contributed by atoms with Gasteiger partial charge in [0.25, 0.3) is 0 Å². The number of pyridine rings is 1. The van der Waals surface area contributed by atoms with Crippen LogP contribution in [0.3, 0.4) is 0 Å². The molecular weight excluding hydrogens is 268 g/mol. The number of rotatable bonds is 4. The van der Waals surface area contributed by atoms with E-state index in [2.05, 4.69) is 10.3 Å². The molecule has 0 radical (unpaired) electrons. The Labute approximate surface area is 124 Å². The van der Waals surface area contributed by atoms with Gasteiger partial charge in [0.15, 0.2) is 0 Å². The van der Waals surface area contributed by atoms with Crippen molar-refractivity contribution in [2.75, 3.05) is 24.3 Å². The molecule has 0 bridgehead atoms. The Morgan fingerprint density at radius 2 is 2.05 bits per heavy atom. The molecule has 1 aromatic carbocycles. The van der Waals surface area contributed by atoms with E-state index in [1.54, 1.807) is 6.20 Å².